The Hall–Kier alpha value is -3.93. The molecule has 2 aliphatic rings. The molecule has 0 atom stereocenters. The van der Waals surface area contributed by atoms with Gasteiger partial charge in [0.2, 0.25) is 0 Å². The Morgan fingerprint density at radius 1 is 0.936 bits per heavy atom. The van der Waals surface area contributed by atoms with Crippen LogP contribution >= 0.6 is 22.9 Å². The average molecular weight is 673 g/mol. The van der Waals surface area contributed by atoms with E-state index in [0.717, 1.165) is 89.0 Å². The number of hydrogen-bond acceptors (Lipinski definition) is 9. The summed E-state index contributed by atoms with van der Waals surface area (Å²) in [6.07, 6.45) is 2.76. The van der Waals surface area contributed by atoms with Crippen molar-refractivity contribution in [1.82, 2.24) is 25.6 Å². The largest absolute Gasteiger partial charge is 0.497 e. The van der Waals surface area contributed by atoms with Crippen molar-refractivity contribution < 1.29 is 14.3 Å². The second-order valence-corrected chi connectivity index (χ2v) is 13.3. The molecule has 0 unspecified atom stereocenters. The van der Waals surface area contributed by atoms with Crippen molar-refractivity contribution in [2.75, 3.05) is 67.2 Å². The van der Waals surface area contributed by atoms with Crippen LogP contribution in [0.1, 0.15) is 38.8 Å². The average Bonchev–Trinajstić information content (AvgIpc) is 3.53. The molecule has 0 aliphatic carbocycles. The molecular formula is C36H41ClN6O3S. The van der Waals surface area contributed by atoms with Crippen LogP contribution in [0.15, 0.2) is 82.8 Å². The van der Waals surface area contributed by atoms with Gasteiger partial charge in [0.15, 0.2) is 0 Å². The highest BCUT2D eigenvalue weighted by atomic mass is 35.5. The van der Waals surface area contributed by atoms with Crippen LogP contribution in [0.2, 0.25) is 0 Å². The molecule has 1 amide bonds. The third-order valence-corrected chi connectivity index (χ3v) is 10.0. The van der Waals surface area contributed by atoms with Crippen molar-refractivity contribution in [3.8, 4) is 11.5 Å². The number of nitrogens with one attached hydrogen (secondary N) is 2. The summed E-state index contributed by atoms with van der Waals surface area (Å²) in [5.41, 5.74) is 6.94. The van der Waals surface area contributed by atoms with Crippen LogP contribution in [-0.4, -0.2) is 94.1 Å². The third kappa shape index (κ3) is 7.97. The molecule has 0 spiro atoms. The SMILES string of the molecule is COc1ccc(C(NC(=O)c2ccc3cc(C4=C(Cl)C=NCN4NCCCN4CCN(C)CC4)sc3c2)c2ccc(OC)cc2)cc1. The Morgan fingerprint density at radius 2 is 1.60 bits per heavy atom. The van der Waals surface area contributed by atoms with Crippen molar-refractivity contribution in [2.45, 2.75) is 12.5 Å². The Balaban J connectivity index is 1.17. The van der Waals surface area contributed by atoms with E-state index >= 15 is 0 Å². The van der Waals surface area contributed by atoms with Crippen molar-refractivity contribution in [1.29, 1.82) is 0 Å². The van der Waals surface area contributed by atoms with E-state index < -0.39 is 0 Å². The van der Waals surface area contributed by atoms with Gasteiger partial charge in [-0.1, -0.05) is 41.9 Å². The Morgan fingerprint density at radius 3 is 2.23 bits per heavy atom. The second-order valence-electron chi connectivity index (χ2n) is 11.8. The fraction of sp³-hybridized carbons (Fsp3) is 0.333. The number of methoxy groups -OCH3 is 2. The number of thiophene rings is 1. The van der Waals surface area contributed by atoms with E-state index in [-0.39, 0.29) is 11.9 Å². The number of rotatable bonds is 12. The lowest BCUT2D eigenvalue weighted by atomic mass is 9.98. The first-order valence-electron chi connectivity index (χ1n) is 15.9. The molecule has 3 aromatic carbocycles. The molecule has 47 heavy (non-hydrogen) atoms. The summed E-state index contributed by atoms with van der Waals surface area (Å²) in [6.45, 7) is 6.86. The van der Waals surface area contributed by atoms with Crippen LogP contribution in [0.4, 0.5) is 0 Å². The molecule has 9 nitrogen and oxygen atoms in total. The molecule has 0 radical (unpaired) electrons. The summed E-state index contributed by atoms with van der Waals surface area (Å²) < 4.78 is 11.7. The molecule has 0 saturated carbocycles. The summed E-state index contributed by atoms with van der Waals surface area (Å²) in [5.74, 6) is 1.35. The number of amides is 1. The van der Waals surface area contributed by atoms with Gasteiger partial charge in [0, 0.05) is 49.2 Å². The van der Waals surface area contributed by atoms with Gasteiger partial charge in [0.05, 0.1) is 35.9 Å². The predicted octanol–water partition coefficient (Wildman–Crippen LogP) is 5.83. The maximum Gasteiger partial charge on any atom is 0.252 e. The van der Waals surface area contributed by atoms with Crippen molar-refractivity contribution in [2.24, 2.45) is 4.99 Å². The number of aliphatic imine (C=N–C) groups is 1. The van der Waals surface area contributed by atoms with Gasteiger partial charge in [0.25, 0.3) is 5.91 Å². The number of hydrogen-bond donors (Lipinski definition) is 2. The minimum Gasteiger partial charge on any atom is -0.497 e. The van der Waals surface area contributed by atoms with Gasteiger partial charge < -0.3 is 24.6 Å². The van der Waals surface area contributed by atoms with Gasteiger partial charge in [-0.05, 0) is 79.0 Å². The highest BCUT2D eigenvalue weighted by molar-refractivity contribution is 7.20. The Labute approximate surface area is 285 Å². The first-order chi connectivity index (χ1) is 22.9. The zero-order chi connectivity index (χ0) is 32.8. The quantitative estimate of drug-likeness (QED) is 0.183. The van der Waals surface area contributed by atoms with Gasteiger partial charge >= 0.3 is 0 Å². The molecule has 1 aromatic heterocycles. The van der Waals surface area contributed by atoms with E-state index in [2.05, 4.69) is 38.6 Å². The molecule has 246 valence electrons. The van der Waals surface area contributed by atoms with Crippen LogP contribution in [0, 0.1) is 0 Å². The minimum absolute atomic E-state index is 0.163. The van der Waals surface area contributed by atoms with Crippen LogP contribution in [-0.2, 0) is 0 Å². The lowest BCUT2D eigenvalue weighted by Crippen LogP contribution is -2.45. The normalized spacial score (nSPS) is 15.9. The number of allylic oxidation sites excluding steroid dienone is 1. The zero-order valence-corrected chi connectivity index (χ0v) is 28.6. The van der Waals surface area contributed by atoms with E-state index in [0.29, 0.717) is 17.3 Å². The molecule has 6 rings (SSSR count). The number of fused-ring (bicyclic) bond motifs is 1. The van der Waals surface area contributed by atoms with E-state index in [1.807, 2.05) is 71.7 Å². The number of hydrazine groups is 1. The first-order valence-corrected chi connectivity index (χ1v) is 17.1. The Bertz CT molecular complexity index is 1680. The molecule has 0 bridgehead atoms. The smallest absolute Gasteiger partial charge is 0.252 e. The molecule has 2 aliphatic heterocycles. The van der Waals surface area contributed by atoms with E-state index in [1.54, 1.807) is 31.8 Å². The molecular weight excluding hydrogens is 632 g/mol. The highest BCUT2D eigenvalue weighted by Gasteiger charge is 2.23. The molecule has 4 aromatic rings. The van der Waals surface area contributed by atoms with E-state index in [9.17, 15) is 4.79 Å². The van der Waals surface area contributed by atoms with Crippen molar-refractivity contribution in [3.05, 3.63) is 99.4 Å². The number of carbonyl (C=O) groups excluding carboxylic acids is 1. The summed E-state index contributed by atoms with van der Waals surface area (Å²) in [4.78, 5) is 24.1. The van der Waals surface area contributed by atoms with Crippen LogP contribution in [0.5, 0.6) is 11.5 Å². The van der Waals surface area contributed by atoms with Crippen molar-refractivity contribution in [3.63, 3.8) is 0 Å². The van der Waals surface area contributed by atoms with Gasteiger partial charge in [-0.2, -0.15) is 0 Å². The number of ether oxygens (including phenoxy) is 2. The van der Waals surface area contributed by atoms with Crippen LogP contribution in [0.25, 0.3) is 15.8 Å². The van der Waals surface area contributed by atoms with Gasteiger partial charge in [-0.25, -0.2) is 5.43 Å². The second kappa shape index (κ2) is 15.3. The summed E-state index contributed by atoms with van der Waals surface area (Å²) >= 11 is 8.36. The molecule has 11 heteroatoms. The number of nitrogens with zero attached hydrogens (tertiary/aromatic N) is 4. The standard InChI is InChI=1S/C36H41ClN6O3S/c1-41-17-19-42(20-18-41)16-4-15-39-43-24-38-23-31(37)35(43)33-21-27-5-6-28(22-32(27)47-33)36(44)40-34(25-7-11-29(45-2)12-8-25)26-9-13-30(46-3)14-10-26/h5-14,21-23,34,39H,4,15-20,24H2,1-3H3,(H,40,44). The predicted molar refractivity (Wildman–Crippen MR) is 192 cm³/mol. The molecule has 2 N–H and O–H groups in total. The molecule has 3 heterocycles. The number of halogens is 1. The van der Waals surface area contributed by atoms with Crippen molar-refractivity contribution >= 4 is 50.8 Å². The van der Waals surface area contributed by atoms with Gasteiger partial charge in [0.1, 0.15) is 18.2 Å². The Kier molecular flexibility index (Phi) is 10.7. The minimum atomic E-state index is -0.365. The van der Waals surface area contributed by atoms with Gasteiger partial charge in [-0.15, -0.1) is 11.3 Å². The van der Waals surface area contributed by atoms with Crippen LogP contribution < -0.4 is 20.2 Å². The summed E-state index contributed by atoms with van der Waals surface area (Å²) in [7, 11) is 5.46. The number of benzene rings is 3. The lowest BCUT2D eigenvalue weighted by molar-refractivity contribution is 0.0943. The third-order valence-electron chi connectivity index (χ3n) is 8.66. The fourth-order valence-electron chi connectivity index (χ4n) is 5.89. The maximum absolute atomic E-state index is 13.8. The van der Waals surface area contributed by atoms with E-state index in [1.165, 1.54) is 0 Å². The zero-order valence-electron chi connectivity index (χ0n) is 27.0. The van der Waals surface area contributed by atoms with Gasteiger partial charge in [-0.3, -0.25) is 14.8 Å². The summed E-state index contributed by atoms with van der Waals surface area (Å²) in [6, 6.07) is 23.1. The number of piperazine rings is 1. The van der Waals surface area contributed by atoms with Crippen LogP contribution in [0.3, 0.4) is 0 Å². The monoisotopic (exact) mass is 672 g/mol. The molecule has 1 saturated heterocycles. The number of carbonyl (C=O) groups is 1. The highest BCUT2D eigenvalue weighted by Crippen LogP contribution is 2.36. The fourth-order valence-corrected chi connectivity index (χ4v) is 7.39. The topological polar surface area (TPSA) is 81.7 Å². The molecule has 1 fully saturated rings. The first kappa shape index (κ1) is 33.0. The van der Waals surface area contributed by atoms with E-state index in [4.69, 9.17) is 21.1 Å². The maximum atomic E-state index is 13.8. The number of likely N-dealkylation sites (N-methyl/N-ethyl adjacent to an activating group) is 1. The summed E-state index contributed by atoms with van der Waals surface area (Å²) in [5, 5.41) is 6.94. The lowest BCUT2D eigenvalue weighted by Gasteiger charge is -2.33.